The summed E-state index contributed by atoms with van der Waals surface area (Å²) in [5.74, 6) is 2.17. The van der Waals surface area contributed by atoms with Crippen molar-refractivity contribution in [1.82, 2.24) is 29.2 Å². The zero-order chi connectivity index (χ0) is 19.7. The fourth-order valence-electron chi connectivity index (χ4n) is 3.92. The van der Waals surface area contributed by atoms with E-state index in [-0.39, 0.29) is 11.8 Å². The Balaban J connectivity index is 1.52. The predicted octanol–water partition coefficient (Wildman–Crippen LogP) is 2.70. The van der Waals surface area contributed by atoms with Crippen molar-refractivity contribution in [3.63, 3.8) is 0 Å². The Morgan fingerprint density at radius 3 is 2.89 bits per heavy atom. The van der Waals surface area contributed by atoms with Gasteiger partial charge in [-0.05, 0) is 38.3 Å². The van der Waals surface area contributed by atoms with E-state index < -0.39 is 0 Å². The van der Waals surface area contributed by atoms with Gasteiger partial charge in [0.1, 0.15) is 5.82 Å². The summed E-state index contributed by atoms with van der Waals surface area (Å²) in [6, 6.07) is 6.06. The number of aromatic nitrogens is 5. The number of rotatable bonds is 4. The second kappa shape index (κ2) is 7.58. The summed E-state index contributed by atoms with van der Waals surface area (Å²) in [4.78, 5) is 19.2. The first kappa shape index (κ1) is 18.4. The molecule has 0 bridgehead atoms. The molecule has 28 heavy (non-hydrogen) atoms. The van der Waals surface area contributed by atoms with Crippen LogP contribution in [0.4, 0.5) is 0 Å². The number of carbonyl (C=O) groups is 1. The van der Waals surface area contributed by atoms with Gasteiger partial charge < -0.3 is 14.0 Å². The first-order valence-corrected chi connectivity index (χ1v) is 9.73. The molecule has 0 unspecified atom stereocenters. The highest BCUT2D eigenvalue weighted by atomic mass is 16.2. The summed E-state index contributed by atoms with van der Waals surface area (Å²) in [7, 11) is 2.01. The number of imidazole rings is 1. The van der Waals surface area contributed by atoms with Crippen LogP contribution in [-0.4, -0.2) is 48.2 Å². The van der Waals surface area contributed by atoms with Crippen LogP contribution in [0.25, 0.3) is 0 Å². The predicted molar refractivity (Wildman–Crippen MR) is 106 cm³/mol. The van der Waals surface area contributed by atoms with Gasteiger partial charge in [0, 0.05) is 44.0 Å². The molecule has 0 aliphatic carbocycles. The fourth-order valence-corrected chi connectivity index (χ4v) is 3.92. The number of nitrogens with zero attached hydrogens (tertiary/aromatic N) is 6. The van der Waals surface area contributed by atoms with Crippen molar-refractivity contribution in [1.29, 1.82) is 0 Å². The van der Waals surface area contributed by atoms with Gasteiger partial charge in [0.2, 0.25) is 0 Å². The highest BCUT2D eigenvalue weighted by molar-refractivity contribution is 5.96. The molecule has 0 N–H and O–H groups in total. The molecule has 0 saturated carbocycles. The minimum Gasteiger partial charge on any atom is -0.338 e. The maximum atomic E-state index is 13.1. The molecule has 1 saturated heterocycles. The second-order valence-corrected chi connectivity index (χ2v) is 7.68. The first-order valence-electron chi connectivity index (χ1n) is 9.73. The average molecular weight is 378 g/mol. The minimum absolute atomic E-state index is 0.117. The van der Waals surface area contributed by atoms with E-state index in [2.05, 4.69) is 19.7 Å². The van der Waals surface area contributed by atoms with Crippen LogP contribution in [0.5, 0.6) is 0 Å². The molecule has 0 spiro atoms. The molecule has 0 radical (unpaired) electrons. The van der Waals surface area contributed by atoms with E-state index >= 15 is 0 Å². The van der Waals surface area contributed by atoms with Crippen molar-refractivity contribution >= 4 is 5.91 Å². The second-order valence-electron chi connectivity index (χ2n) is 7.68. The van der Waals surface area contributed by atoms with E-state index in [0.717, 1.165) is 47.7 Å². The molecule has 1 aromatic carbocycles. The largest absolute Gasteiger partial charge is 0.338 e. The van der Waals surface area contributed by atoms with Crippen LogP contribution >= 0.6 is 0 Å². The molecule has 4 rings (SSSR count). The Morgan fingerprint density at radius 2 is 2.11 bits per heavy atom. The summed E-state index contributed by atoms with van der Waals surface area (Å²) in [6.45, 7) is 6.14. The lowest BCUT2D eigenvalue weighted by atomic mass is 9.95. The van der Waals surface area contributed by atoms with Gasteiger partial charge in [0.15, 0.2) is 5.82 Å². The molecular formula is C21H26N6O. The molecule has 1 aliphatic heterocycles. The molecule has 1 fully saturated rings. The van der Waals surface area contributed by atoms with Crippen LogP contribution in [0.2, 0.25) is 0 Å². The SMILES string of the molecule is Cc1ccc(C)c(C(=O)N2CCC[C@H](c3nnc(Cn4ccnc4)n3C)C2)c1. The van der Waals surface area contributed by atoms with Crippen molar-refractivity contribution in [2.24, 2.45) is 7.05 Å². The van der Waals surface area contributed by atoms with Gasteiger partial charge in [-0.1, -0.05) is 17.7 Å². The van der Waals surface area contributed by atoms with Crippen LogP contribution < -0.4 is 0 Å². The van der Waals surface area contributed by atoms with Gasteiger partial charge in [0.05, 0.1) is 12.9 Å². The van der Waals surface area contributed by atoms with Gasteiger partial charge >= 0.3 is 0 Å². The number of hydrogen-bond donors (Lipinski definition) is 0. The Morgan fingerprint density at radius 1 is 1.25 bits per heavy atom. The van der Waals surface area contributed by atoms with E-state index in [1.807, 2.05) is 54.8 Å². The molecule has 7 heteroatoms. The summed E-state index contributed by atoms with van der Waals surface area (Å²) < 4.78 is 4.04. The standard InChI is InChI=1S/C21H26N6O/c1-15-6-7-16(2)18(11-15)21(28)27-9-4-5-17(12-27)20-24-23-19(25(20)3)13-26-10-8-22-14-26/h6-8,10-11,14,17H,4-5,9,12-13H2,1-3H3/t17-/m0/s1. The van der Waals surface area contributed by atoms with Crippen molar-refractivity contribution < 1.29 is 4.79 Å². The van der Waals surface area contributed by atoms with E-state index in [0.29, 0.717) is 13.1 Å². The summed E-state index contributed by atoms with van der Waals surface area (Å²) in [6.07, 6.45) is 7.45. The summed E-state index contributed by atoms with van der Waals surface area (Å²) in [5, 5.41) is 8.84. The lowest BCUT2D eigenvalue weighted by molar-refractivity contribution is 0.0702. The van der Waals surface area contributed by atoms with E-state index in [1.54, 1.807) is 12.5 Å². The van der Waals surface area contributed by atoms with Crippen molar-refractivity contribution in [3.8, 4) is 0 Å². The smallest absolute Gasteiger partial charge is 0.254 e. The van der Waals surface area contributed by atoms with Gasteiger partial charge in [-0.3, -0.25) is 4.79 Å². The van der Waals surface area contributed by atoms with Crippen molar-refractivity contribution in [2.75, 3.05) is 13.1 Å². The number of hydrogen-bond acceptors (Lipinski definition) is 4. The summed E-state index contributed by atoms with van der Waals surface area (Å²) >= 11 is 0. The zero-order valence-corrected chi connectivity index (χ0v) is 16.7. The Labute approximate surface area is 165 Å². The molecule has 3 aromatic rings. The maximum absolute atomic E-state index is 13.1. The number of piperidine rings is 1. The third-order valence-electron chi connectivity index (χ3n) is 5.58. The van der Waals surface area contributed by atoms with Gasteiger partial charge in [-0.15, -0.1) is 10.2 Å². The highest BCUT2D eigenvalue weighted by Crippen LogP contribution is 2.27. The van der Waals surface area contributed by atoms with Crippen LogP contribution in [-0.2, 0) is 13.6 Å². The quantitative estimate of drug-likeness (QED) is 0.700. The third kappa shape index (κ3) is 3.56. The Kier molecular flexibility index (Phi) is 4.98. The molecule has 7 nitrogen and oxygen atoms in total. The molecule has 146 valence electrons. The van der Waals surface area contributed by atoms with E-state index in [1.165, 1.54) is 0 Å². The third-order valence-corrected chi connectivity index (χ3v) is 5.58. The molecule has 2 aromatic heterocycles. The lowest BCUT2D eigenvalue weighted by Crippen LogP contribution is -2.40. The number of likely N-dealkylation sites (tertiary alicyclic amines) is 1. The topological polar surface area (TPSA) is 68.8 Å². The van der Waals surface area contributed by atoms with Gasteiger partial charge in [-0.2, -0.15) is 0 Å². The number of benzene rings is 1. The van der Waals surface area contributed by atoms with Crippen molar-refractivity contribution in [3.05, 3.63) is 65.3 Å². The number of amides is 1. The van der Waals surface area contributed by atoms with Crippen molar-refractivity contribution in [2.45, 2.75) is 39.2 Å². The Hall–Kier alpha value is -2.96. The lowest BCUT2D eigenvalue weighted by Gasteiger charge is -2.32. The summed E-state index contributed by atoms with van der Waals surface area (Å²) in [5.41, 5.74) is 2.94. The average Bonchev–Trinajstić information content (AvgIpc) is 3.34. The molecule has 1 atom stereocenters. The monoisotopic (exact) mass is 378 g/mol. The molecular weight excluding hydrogens is 352 g/mol. The zero-order valence-electron chi connectivity index (χ0n) is 16.7. The Bertz CT molecular complexity index is 975. The molecule has 1 aliphatic rings. The number of carbonyl (C=O) groups excluding carboxylic acids is 1. The molecule has 3 heterocycles. The van der Waals surface area contributed by atoms with Crippen LogP contribution in [0.3, 0.4) is 0 Å². The molecule has 1 amide bonds. The van der Waals surface area contributed by atoms with E-state index in [4.69, 9.17) is 0 Å². The normalized spacial score (nSPS) is 17.1. The van der Waals surface area contributed by atoms with Crippen LogP contribution in [0, 0.1) is 13.8 Å². The number of aryl methyl sites for hydroxylation is 2. The van der Waals surface area contributed by atoms with Crippen LogP contribution in [0.1, 0.15) is 51.9 Å². The fraction of sp³-hybridized carbons (Fsp3) is 0.429. The van der Waals surface area contributed by atoms with Gasteiger partial charge in [0.25, 0.3) is 5.91 Å². The van der Waals surface area contributed by atoms with Crippen LogP contribution in [0.15, 0.2) is 36.9 Å². The van der Waals surface area contributed by atoms with Gasteiger partial charge in [-0.25, -0.2) is 4.98 Å². The highest BCUT2D eigenvalue weighted by Gasteiger charge is 2.29. The minimum atomic E-state index is 0.117. The first-order chi connectivity index (χ1) is 13.5. The maximum Gasteiger partial charge on any atom is 0.254 e. The van der Waals surface area contributed by atoms with E-state index in [9.17, 15) is 4.79 Å².